The number of aliphatic hydroxyl groups is 1. The van der Waals surface area contributed by atoms with E-state index in [0.717, 1.165) is 36.4 Å². The lowest BCUT2D eigenvalue weighted by molar-refractivity contribution is 0.102. The molecular formula is C27H34N2O2. The van der Waals surface area contributed by atoms with E-state index in [-0.39, 0.29) is 13.9 Å². The summed E-state index contributed by atoms with van der Waals surface area (Å²) in [5.74, 6) is -0.103. The zero-order chi connectivity index (χ0) is 22.5. The van der Waals surface area contributed by atoms with Gasteiger partial charge in [0.2, 0.25) is 0 Å². The van der Waals surface area contributed by atoms with Gasteiger partial charge in [-0.2, -0.15) is 0 Å². The third-order valence-corrected chi connectivity index (χ3v) is 4.71. The largest absolute Gasteiger partial charge is 0.397 e. The van der Waals surface area contributed by atoms with Crippen LogP contribution >= 0.6 is 0 Å². The van der Waals surface area contributed by atoms with Crippen molar-refractivity contribution in [3.05, 3.63) is 103 Å². The molecule has 0 aliphatic heterocycles. The van der Waals surface area contributed by atoms with Gasteiger partial charge in [-0.25, -0.2) is 0 Å². The zero-order valence-corrected chi connectivity index (χ0v) is 18.4. The molecule has 3 aromatic carbocycles. The van der Waals surface area contributed by atoms with E-state index in [2.05, 4.69) is 35.9 Å². The topological polar surface area (TPSA) is 52.6 Å². The van der Waals surface area contributed by atoms with Crippen LogP contribution in [0.2, 0.25) is 0 Å². The van der Waals surface area contributed by atoms with E-state index in [1.54, 1.807) is 6.92 Å². The lowest BCUT2D eigenvalue weighted by Gasteiger charge is -2.18. The number of amides is 1. The second kappa shape index (κ2) is 13.2. The quantitative estimate of drug-likeness (QED) is 0.451. The third-order valence-electron chi connectivity index (χ3n) is 4.71. The maximum atomic E-state index is 12.9. The summed E-state index contributed by atoms with van der Waals surface area (Å²) in [6.07, 6.45) is 1.92. The Hall–Kier alpha value is -3.21. The van der Waals surface area contributed by atoms with Crippen molar-refractivity contribution >= 4 is 11.6 Å². The molecule has 3 aromatic rings. The van der Waals surface area contributed by atoms with Gasteiger partial charge in [0.1, 0.15) is 0 Å². The number of rotatable bonds is 8. The average Bonchev–Trinajstić information content (AvgIpc) is 2.81. The standard InChI is InChI=1S/C25H26N2O.C2H6O.H2/c1-3-18-27(4-2)19-20-14-16-22(17-15-20)26-25(28)24-13-9-8-12-23(24)21-10-6-5-7-11-21;1-2-3;/h3,5-17H,1,4,18-19H2,2H3,(H,26,28);3H,2H2,1H3;1H. The lowest BCUT2D eigenvalue weighted by Crippen LogP contribution is -2.22. The highest BCUT2D eigenvalue weighted by atomic mass is 16.2. The molecule has 0 aliphatic carbocycles. The van der Waals surface area contributed by atoms with E-state index in [0.29, 0.717) is 5.56 Å². The minimum Gasteiger partial charge on any atom is -0.397 e. The van der Waals surface area contributed by atoms with E-state index in [9.17, 15) is 4.79 Å². The fourth-order valence-electron chi connectivity index (χ4n) is 3.19. The van der Waals surface area contributed by atoms with Gasteiger partial charge in [0.05, 0.1) is 0 Å². The van der Waals surface area contributed by atoms with Crippen molar-refractivity contribution in [2.45, 2.75) is 20.4 Å². The predicted molar refractivity (Wildman–Crippen MR) is 132 cm³/mol. The summed E-state index contributed by atoms with van der Waals surface area (Å²) in [5.41, 5.74) is 4.64. The van der Waals surface area contributed by atoms with E-state index in [1.165, 1.54) is 5.56 Å². The molecule has 1 amide bonds. The molecule has 0 saturated carbocycles. The van der Waals surface area contributed by atoms with Crippen LogP contribution in [0.5, 0.6) is 0 Å². The molecule has 0 unspecified atom stereocenters. The fraction of sp³-hybridized carbons (Fsp3) is 0.222. The minimum absolute atomic E-state index is 0. The van der Waals surface area contributed by atoms with E-state index in [1.807, 2.05) is 72.8 Å². The van der Waals surface area contributed by atoms with Gasteiger partial charge in [-0.15, -0.1) is 6.58 Å². The highest BCUT2D eigenvalue weighted by molar-refractivity contribution is 6.08. The van der Waals surface area contributed by atoms with Gasteiger partial charge in [0.25, 0.3) is 5.91 Å². The zero-order valence-electron chi connectivity index (χ0n) is 18.4. The highest BCUT2D eigenvalue weighted by Gasteiger charge is 2.12. The Labute approximate surface area is 187 Å². The molecular weight excluding hydrogens is 384 g/mol. The number of likely N-dealkylation sites (N-methyl/N-ethyl adjacent to an activating group) is 1. The number of aliphatic hydroxyl groups excluding tert-OH is 1. The van der Waals surface area contributed by atoms with Crippen molar-refractivity contribution < 1.29 is 11.3 Å². The molecule has 0 spiro atoms. The van der Waals surface area contributed by atoms with Gasteiger partial charge in [0, 0.05) is 32.4 Å². The normalized spacial score (nSPS) is 10.2. The Bertz CT molecular complexity index is 943. The Morgan fingerprint density at radius 3 is 2.23 bits per heavy atom. The van der Waals surface area contributed by atoms with Crippen LogP contribution in [0.15, 0.2) is 91.5 Å². The Morgan fingerprint density at radius 2 is 1.61 bits per heavy atom. The van der Waals surface area contributed by atoms with Crippen molar-refractivity contribution in [3.8, 4) is 11.1 Å². The van der Waals surface area contributed by atoms with Gasteiger partial charge in [0.15, 0.2) is 0 Å². The monoisotopic (exact) mass is 418 g/mol. The number of carbonyl (C=O) groups is 1. The SMILES string of the molecule is C=CCN(CC)Cc1ccc(NC(=O)c2ccccc2-c2ccccc2)cc1.CCO.[HH]. The van der Waals surface area contributed by atoms with Crippen LogP contribution in [0.4, 0.5) is 5.69 Å². The summed E-state index contributed by atoms with van der Waals surface area (Å²) in [5, 5.41) is 10.6. The summed E-state index contributed by atoms with van der Waals surface area (Å²) in [6.45, 7) is 10.6. The number of hydrogen-bond donors (Lipinski definition) is 2. The average molecular weight is 419 g/mol. The number of nitrogens with zero attached hydrogens (tertiary/aromatic N) is 1. The van der Waals surface area contributed by atoms with Gasteiger partial charge in [-0.3, -0.25) is 9.69 Å². The van der Waals surface area contributed by atoms with E-state index < -0.39 is 0 Å². The molecule has 0 radical (unpaired) electrons. The maximum Gasteiger partial charge on any atom is 0.256 e. The molecule has 0 atom stereocenters. The van der Waals surface area contributed by atoms with Crippen molar-refractivity contribution in [1.29, 1.82) is 0 Å². The van der Waals surface area contributed by atoms with Crippen LogP contribution in [0.1, 0.15) is 31.2 Å². The van der Waals surface area contributed by atoms with Crippen LogP contribution in [0.3, 0.4) is 0 Å². The molecule has 3 rings (SSSR count). The fourth-order valence-corrected chi connectivity index (χ4v) is 3.19. The first kappa shape index (κ1) is 24.1. The first-order chi connectivity index (χ1) is 15.1. The Kier molecular flexibility index (Phi) is 10.2. The van der Waals surface area contributed by atoms with E-state index >= 15 is 0 Å². The Balaban J connectivity index is 0.00000121. The van der Waals surface area contributed by atoms with Crippen LogP contribution in [0, 0.1) is 0 Å². The van der Waals surface area contributed by atoms with E-state index in [4.69, 9.17) is 5.11 Å². The number of nitrogens with one attached hydrogen (secondary N) is 1. The molecule has 164 valence electrons. The van der Waals surface area contributed by atoms with Crippen molar-refractivity contribution in [3.63, 3.8) is 0 Å². The smallest absolute Gasteiger partial charge is 0.256 e. The maximum absolute atomic E-state index is 12.9. The molecule has 4 heteroatoms. The number of benzene rings is 3. The summed E-state index contributed by atoms with van der Waals surface area (Å²) < 4.78 is 0. The minimum atomic E-state index is -0.103. The number of hydrogen-bond acceptors (Lipinski definition) is 3. The molecule has 0 bridgehead atoms. The van der Waals surface area contributed by atoms with Gasteiger partial charge in [-0.05, 0) is 48.4 Å². The van der Waals surface area contributed by atoms with Gasteiger partial charge in [-0.1, -0.05) is 73.7 Å². The molecule has 0 aromatic heterocycles. The first-order valence-corrected chi connectivity index (χ1v) is 10.6. The second-order valence-electron chi connectivity index (χ2n) is 7.00. The summed E-state index contributed by atoms with van der Waals surface area (Å²) >= 11 is 0. The number of anilines is 1. The molecule has 4 nitrogen and oxygen atoms in total. The van der Waals surface area contributed by atoms with Crippen molar-refractivity contribution in [2.75, 3.05) is 25.0 Å². The molecule has 0 heterocycles. The van der Waals surface area contributed by atoms with Crippen LogP contribution < -0.4 is 5.32 Å². The number of carbonyl (C=O) groups excluding carboxylic acids is 1. The molecule has 2 N–H and O–H groups in total. The van der Waals surface area contributed by atoms with Crippen LogP contribution in [-0.4, -0.2) is 35.6 Å². The first-order valence-electron chi connectivity index (χ1n) is 10.6. The van der Waals surface area contributed by atoms with Gasteiger partial charge >= 0.3 is 0 Å². The highest BCUT2D eigenvalue weighted by Crippen LogP contribution is 2.24. The predicted octanol–water partition coefficient (Wildman–Crippen LogP) is 5.86. The van der Waals surface area contributed by atoms with Crippen LogP contribution in [0.25, 0.3) is 11.1 Å². The summed E-state index contributed by atoms with van der Waals surface area (Å²) in [4.78, 5) is 15.2. The molecule has 0 aliphatic rings. The molecule has 0 fully saturated rings. The Morgan fingerprint density at radius 1 is 1.00 bits per heavy atom. The third kappa shape index (κ3) is 7.52. The summed E-state index contributed by atoms with van der Waals surface area (Å²) in [7, 11) is 0. The molecule has 31 heavy (non-hydrogen) atoms. The van der Waals surface area contributed by atoms with Crippen molar-refractivity contribution in [1.82, 2.24) is 4.90 Å². The molecule has 0 saturated heterocycles. The summed E-state index contributed by atoms with van der Waals surface area (Å²) in [6, 6.07) is 25.7. The second-order valence-corrected chi connectivity index (χ2v) is 7.00. The van der Waals surface area contributed by atoms with Crippen molar-refractivity contribution in [2.24, 2.45) is 0 Å². The van der Waals surface area contributed by atoms with Crippen LogP contribution in [-0.2, 0) is 6.54 Å². The van der Waals surface area contributed by atoms with Gasteiger partial charge < -0.3 is 10.4 Å². The lowest BCUT2D eigenvalue weighted by atomic mass is 9.99.